The van der Waals surface area contributed by atoms with Crippen molar-refractivity contribution in [1.82, 2.24) is 19.4 Å². The zero-order valence-electron chi connectivity index (χ0n) is 16.5. The lowest BCUT2D eigenvalue weighted by molar-refractivity contribution is 0.0730. The molecule has 0 atom stereocenters. The molecule has 0 saturated carbocycles. The van der Waals surface area contributed by atoms with Crippen molar-refractivity contribution in [3.63, 3.8) is 0 Å². The van der Waals surface area contributed by atoms with E-state index in [-0.39, 0.29) is 18.0 Å². The lowest BCUT2D eigenvalue weighted by Crippen LogP contribution is -2.43. The van der Waals surface area contributed by atoms with E-state index < -0.39 is 15.9 Å². The highest BCUT2D eigenvalue weighted by Crippen LogP contribution is 2.25. The summed E-state index contributed by atoms with van der Waals surface area (Å²) >= 11 is 5.97. The highest BCUT2D eigenvalue weighted by Gasteiger charge is 2.24. The van der Waals surface area contributed by atoms with Crippen LogP contribution in [-0.2, 0) is 14.8 Å². The van der Waals surface area contributed by atoms with E-state index in [2.05, 4.69) is 10.4 Å². The first-order valence-electron chi connectivity index (χ1n) is 9.68. The third kappa shape index (κ3) is 4.99. The Morgan fingerprint density at radius 2 is 1.90 bits per heavy atom. The van der Waals surface area contributed by atoms with E-state index in [1.165, 1.54) is 10.6 Å². The van der Waals surface area contributed by atoms with Gasteiger partial charge < -0.3 is 14.5 Å². The second kappa shape index (κ2) is 9.23. The number of hydrogen-bond acceptors (Lipinski definition) is 6. The van der Waals surface area contributed by atoms with Gasteiger partial charge >= 0.3 is 0 Å². The first-order valence-corrected chi connectivity index (χ1v) is 11.7. The number of rotatable bonds is 7. The van der Waals surface area contributed by atoms with Gasteiger partial charge in [-0.1, -0.05) is 11.6 Å². The number of benzene rings is 1. The summed E-state index contributed by atoms with van der Waals surface area (Å²) in [7, 11) is -3.46. The zero-order chi connectivity index (χ0) is 21.8. The van der Waals surface area contributed by atoms with E-state index in [1.54, 1.807) is 47.1 Å². The fourth-order valence-corrected chi connectivity index (χ4v) is 4.66. The fourth-order valence-electron chi connectivity index (χ4n) is 3.21. The summed E-state index contributed by atoms with van der Waals surface area (Å²) in [6.07, 6.45) is 1.53. The Hall–Kier alpha value is -2.66. The van der Waals surface area contributed by atoms with Crippen LogP contribution in [0.4, 0.5) is 0 Å². The lowest BCUT2D eigenvalue weighted by Gasteiger charge is -2.25. The molecule has 1 N–H and O–H groups in total. The van der Waals surface area contributed by atoms with Gasteiger partial charge in [-0.2, -0.15) is 9.40 Å². The summed E-state index contributed by atoms with van der Waals surface area (Å²) in [5, 5.41) is 7.61. The predicted octanol–water partition coefficient (Wildman–Crippen LogP) is 2.18. The SMILES string of the molecule is O=C(NCCS(=O)(=O)N1CCOCC1)c1cc(-c2ccco2)n(-c2ccc(Cl)cc2)n1. The molecule has 1 aliphatic rings. The van der Waals surface area contributed by atoms with Gasteiger partial charge in [-0.05, 0) is 36.4 Å². The highest BCUT2D eigenvalue weighted by molar-refractivity contribution is 7.89. The largest absolute Gasteiger partial charge is 0.463 e. The van der Waals surface area contributed by atoms with Crippen molar-refractivity contribution in [3.8, 4) is 17.1 Å². The van der Waals surface area contributed by atoms with Gasteiger partial charge in [0.05, 0.1) is 30.9 Å². The normalized spacial score (nSPS) is 15.1. The Balaban J connectivity index is 1.49. The molecular weight excluding hydrogens is 444 g/mol. The molecule has 1 aliphatic heterocycles. The molecule has 1 fully saturated rings. The van der Waals surface area contributed by atoms with Gasteiger partial charge in [0.15, 0.2) is 11.5 Å². The number of furan rings is 1. The Kier molecular flexibility index (Phi) is 6.42. The van der Waals surface area contributed by atoms with Crippen LogP contribution in [0.5, 0.6) is 0 Å². The Bertz CT molecular complexity index is 1140. The Morgan fingerprint density at radius 3 is 2.58 bits per heavy atom. The maximum absolute atomic E-state index is 12.7. The van der Waals surface area contributed by atoms with Crippen molar-refractivity contribution in [2.24, 2.45) is 0 Å². The van der Waals surface area contributed by atoms with Crippen molar-refractivity contribution in [3.05, 3.63) is 59.4 Å². The topological polar surface area (TPSA) is 107 Å². The fraction of sp³-hybridized carbons (Fsp3) is 0.300. The second-order valence-corrected chi connectivity index (χ2v) is 9.39. The molecule has 1 saturated heterocycles. The van der Waals surface area contributed by atoms with Crippen LogP contribution in [0.25, 0.3) is 17.1 Å². The maximum Gasteiger partial charge on any atom is 0.271 e. The van der Waals surface area contributed by atoms with Crippen LogP contribution >= 0.6 is 11.6 Å². The van der Waals surface area contributed by atoms with Crippen LogP contribution in [0, 0.1) is 0 Å². The minimum Gasteiger partial charge on any atom is -0.463 e. The van der Waals surface area contributed by atoms with Crippen LogP contribution in [0.3, 0.4) is 0 Å². The van der Waals surface area contributed by atoms with E-state index in [4.69, 9.17) is 20.8 Å². The van der Waals surface area contributed by atoms with Crippen molar-refractivity contribution in [2.75, 3.05) is 38.6 Å². The number of carbonyl (C=O) groups excluding carboxylic acids is 1. The summed E-state index contributed by atoms with van der Waals surface area (Å²) in [5.74, 6) is -0.129. The van der Waals surface area contributed by atoms with Crippen LogP contribution < -0.4 is 5.32 Å². The number of aromatic nitrogens is 2. The minimum absolute atomic E-state index is 0.0254. The summed E-state index contributed by atoms with van der Waals surface area (Å²) in [6.45, 7) is 1.39. The Labute approximate surface area is 184 Å². The highest BCUT2D eigenvalue weighted by atomic mass is 35.5. The van der Waals surface area contributed by atoms with Crippen LogP contribution in [-0.4, -0.2) is 67.0 Å². The van der Waals surface area contributed by atoms with Gasteiger partial charge in [0.1, 0.15) is 5.69 Å². The maximum atomic E-state index is 12.7. The molecule has 9 nitrogen and oxygen atoms in total. The summed E-state index contributed by atoms with van der Waals surface area (Å²) < 4.78 is 38.4. The molecule has 1 aromatic carbocycles. The van der Waals surface area contributed by atoms with E-state index >= 15 is 0 Å². The molecule has 1 amide bonds. The third-order valence-corrected chi connectivity index (χ3v) is 6.92. The second-order valence-electron chi connectivity index (χ2n) is 6.86. The molecule has 11 heteroatoms. The first kappa shape index (κ1) is 21.6. The van der Waals surface area contributed by atoms with Crippen LogP contribution in [0.15, 0.2) is 53.1 Å². The molecular formula is C20H21ClN4O5S. The van der Waals surface area contributed by atoms with Gasteiger partial charge in [-0.3, -0.25) is 4.79 Å². The van der Waals surface area contributed by atoms with Crippen LogP contribution in [0.1, 0.15) is 10.5 Å². The number of carbonyl (C=O) groups is 1. The number of hydrogen-bond donors (Lipinski definition) is 1. The number of morpholine rings is 1. The first-order chi connectivity index (χ1) is 14.9. The number of halogens is 1. The number of amides is 1. The van der Waals surface area contributed by atoms with E-state index in [9.17, 15) is 13.2 Å². The molecule has 31 heavy (non-hydrogen) atoms. The van der Waals surface area contributed by atoms with E-state index in [1.807, 2.05) is 0 Å². The van der Waals surface area contributed by atoms with Gasteiger partial charge in [0, 0.05) is 30.7 Å². The van der Waals surface area contributed by atoms with E-state index in [0.717, 1.165) is 0 Å². The van der Waals surface area contributed by atoms with Crippen molar-refractivity contribution in [2.45, 2.75) is 0 Å². The molecule has 3 aromatic rings. The average Bonchev–Trinajstić information content (AvgIpc) is 3.45. The zero-order valence-corrected chi connectivity index (χ0v) is 18.1. The molecule has 0 radical (unpaired) electrons. The van der Waals surface area contributed by atoms with Gasteiger partial charge in [0.25, 0.3) is 5.91 Å². The number of sulfonamides is 1. The molecule has 3 heterocycles. The Morgan fingerprint density at radius 1 is 1.16 bits per heavy atom. The van der Waals surface area contributed by atoms with Crippen LogP contribution in [0.2, 0.25) is 5.02 Å². The molecule has 0 unspecified atom stereocenters. The number of nitrogens with one attached hydrogen (secondary N) is 1. The predicted molar refractivity (Wildman–Crippen MR) is 115 cm³/mol. The smallest absolute Gasteiger partial charge is 0.271 e. The third-order valence-electron chi connectivity index (χ3n) is 4.80. The summed E-state index contributed by atoms with van der Waals surface area (Å²) in [5.41, 5.74) is 1.42. The average molecular weight is 465 g/mol. The van der Waals surface area contributed by atoms with Gasteiger partial charge in [-0.25, -0.2) is 13.1 Å². The molecule has 4 rings (SSSR count). The van der Waals surface area contributed by atoms with E-state index in [0.29, 0.717) is 48.5 Å². The molecule has 0 aliphatic carbocycles. The molecule has 0 spiro atoms. The van der Waals surface area contributed by atoms with Gasteiger partial charge in [0.2, 0.25) is 10.0 Å². The van der Waals surface area contributed by atoms with Crippen molar-refractivity contribution < 1.29 is 22.4 Å². The lowest BCUT2D eigenvalue weighted by atomic mass is 10.2. The van der Waals surface area contributed by atoms with Gasteiger partial charge in [-0.15, -0.1) is 0 Å². The monoisotopic (exact) mass is 464 g/mol. The molecule has 0 bridgehead atoms. The number of ether oxygens (including phenoxy) is 1. The summed E-state index contributed by atoms with van der Waals surface area (Å²) in [6, 6.07) is 12.1. The number of nitrogens with zero attached hydrogens (tertiary/aromatic N) is 3. The van der Waals surface area contributed by atoms with Crippen molar-refractivity contribution >= 4 is 27.5 Å². The minimum atomic E-state index is -3.46. The quantitative estimate of drug-likeness (QED) is 0.574. The standard InChI is InChI=1S/C20H21ClN4O5S/c21-15-3-5-16(6-4-15)25-18(19-2-1-10-30-19)14-17(23-25)20(26)22-7-13-31(27,28)24-8-11-29-12-9-24/h1-6,10,14H,7-9,11-13H2,(H,22,26). The summed E-state index contributed by atoms with van der Waals surface area (Å²) in [4.78, 5) is 12.7. The van der Waals surface area contributed by atoms with Crippen molar-refractivity contribution in [1.29, 1.82) is 0 Å². The molecule has 2 aromatic heterocycles. The molecule has 164 valence electrons.